The van der Waals surface area contributed by atoms with E-state index in [9.17, 15) is 13.6 Å². The maximum Gasteiger partial charge on any atom is 0.387 e. The molecule has 0 saturated carbocycles. The Morgan fingerprint density at radius 3 is 2.52 bits per heavy atom. The van der Waals surface area contributed by atoms with Gasteiger partial charge in [0.1, 0.15) is 11.5 Å². The molecule has 1 heterocycles. The van der Waals surface area contributed by atoms with Gasteiger partial charge in [0.2, 0.25) is 5.90 Å². The number of halogens is 2. The summed E-state index contributed by atoms with van der Waals surface area (Å²) >= 11 is 0. The summed E-state index contributed by atoms with van der Waals surface area (Å²) in [4.78, 5) is 16.1. The zero-order valence-corrected chi connectivity index (χ0v) is 13.1. The Morgan fingerprint density at radius 2 is 1.84 bits per heavy atom. The van der Waals surface area contributed by atoms with Gasteiger partial charge in [0.15, 0.2) is 5.70 Å². The van der Waals surface area contributed by atoms with Crippen molar-refractivity contribution < 1.29 is 27.8 Å². The van der Waals surface area contributed by atoms with Gasteiger partial charge >= 0.3 is 12.6 Å². The Bertz CT molecular complexity index is 844. The Labute approximate surface area is 142 Å². The Kier molecular flexibility index (Phi) is 4.74. The molecule has 0 aliphatic carbocycles. The van der Waals surface area contributed by atoms with Crippen molar-refractivity contribution in [3.63, 3.8) is 0 Å². The van der Waals surface area contributed by atoms with E-state index in [-0.39, 0.29) is 17.3 Å². The third-order valence-corrected chi connectivity index (χ3v) is 3.38. The van der Waals surface area contributed by atoms with Crippen LogP contribution in [0.15, 0.2) is 59.2 Å². The highest BCUT2D eigenvalue weighted by molar-refractivity contribution is 6.13. The predicted octanol–water partition coefficient (Wildman–Crippen LogP) is 3.64. The summed E-state index contributed by atoms with van der Waals surface area (Å²) < 4.78 is 39.6. The van der Waals surface area contributed by atoms with E-state index >= 15 is 0 Å². The predicted molar refractivity (Wildman–Crippen MR) is 86.7 cm³/mol. The summed E-state index contributed by atoms with van der Waals surface area (Å²) in [6.45, 7) is -2.96. The number of carbonyl (C=O) groups excluding carboxylic acids is 1. The van der Waals surface area contributed by atoms with Crippen LogP contribution in [-0.2, 0) is 9.53 Å². The lowest BCUT2D eigenvalue weighted by Gasteiger charge is -2.07. The van der Waals surface area contributed by atoms with Gasteiger partial charge in [0.25, 0.3) is 0 Å². The first kappa shape index (κ1) is 16.6. The number of rotatable bonds is 5. The molecule has 0 amide bonds. The van der Waals surface area contributed by atoms with Gasteiger partial charge in [0.05, 0.1) is 7.11 Å². The van der Waals surface area contributed by atoms with Gasteiger partial charge in [-0.25, -0.2) is 9.79 Å². The van der Waals surface area contributed by atoms with Crippen LogP contribution in [0, 0.1) is 0 Å². The topological polar surface area (TPSA) is 57.1 Å². The van der Waals surface area contributed by atoms with Crippen molar-refractivity contribution in [1.29, 1.82) is 0 Å². The molecule has 0 N–H and O–H groups in total. The van der Waals surface area contributed by atoms with Crippen molar-refractivity contribution in [3.05, 3.63) is 65.4 Å². The number of cyclic esters (lactones) is 1. The molecule has 128 valence electrons. The van der Waals surface area contributed by atoms with Gasteiger partial charge < -0.3 is 14.2 Å². The van der Waals surface area contributed by atoms with E-state index in [0.717, 1.165) is 0 Å². The number of aliphatic imine (C=N–C) groups is 1. The van der Waals surface area contributed by atoms with Crippen LogP contribution in [0.5, 0.6) is 11.5 Å². The Hall–Kier alpha value is -3.22. The maximum absolute atomic E-state index is 12.5. The lowest BCUT2D eigenvalue weighted by atomic mass is 10.1. The van der Waals surface area contributed by atoms with E-state index in [1.54, 1.807) is 49.6 Å². The molecule has 3 rings (SSSR count). The molecule has 0 atom stereocenters. The molecule has 1 aliphatic rings. The molecule has 25 heavy (non-hydrogen) atoms. The molecule has 0 unspecified atom stereocenters. The number of carbonyl (C=O) groups is 1. The molecule has 5 nitrogen and oxygen atoms in total. The fourth-order valence-corrected chi connectivity index (χ4v) is 2.22. The van der Waals surface area contributed by atoms with Crippen LogP contribution in [0.25, 0.3) is 6.08 Å². The summed E-state index contributed by atoms with van der Waals surface area (Å²) in [5, 5.41) is 0. The summed E-state index contributed by atoms with van der Waals surface area (Å²) in [6, 6.07) is 12.9. The van der Waals surface area contributed by atoms with E-state index in [1.807, 2.05) is 0 Å². The molecular weight excluding hydrogens is 332 g/mol. The minimum Gasteiger partial charge on any atom is -0.497 e. The third-order valence-electron chi connectivity index (χ3n) is 3.38. The molecule has 7 heteroatoms. The van der Waals surface area contributed by atoms with Gasteiger partial charge in [-0.15, -0.1) is 0 Å². The number of para-hydroxylation sites is 1. The molecule has 2 aromatic rings. The highest BCUT2D eigenvalue weighted by Crippen LogP contribution is 2.26. The highest BCUT2D eigenvalue weighted by Gasteiger charge is 2.24. The van der Waals surface area contributed by atoms with E-state index < -0.39 is 12.6 Å². The normalized spacial score (nSPS) is 15.3. The zero-order valence-electron chi connectivity index (χ0n) is 13.1. The number of nitrogens with zero attached hydrogens (tertiary/aromatic N) is 1. The minimum atomic E-state index is -2.96. The minimum absolute atomic E-state index is 0.00358. The van der Waals surface area contributed by atoms with Crippen LogP contribution in [0.4, 0.5) is 8.78 Å². The molecule has 0 radical (unpaired) electrons. The van der Waals surface area contributed by atoms with Crippen molar-refractivity contribution in [2.75, 3.05) is 7.11 Å². The van der Waals surface area contributed by atoms with E-state index in [2.05, 4.69) is 9.73 Å². The van der Waals surface area contributed by atoms with E-state index in [0.29, 0.717) is 16.9 Å². The first-order chi connectivity index (χ1) is 12.1. The van der Waals surface area contributed by atoms with Crippen LogP contribution >= 0.6 is 0 Å². The number of hydrogen-bond acceptors (Lipinski definition) is 5. The molecule has 0 aromatic heterocycles. The van der Waals surface area contributed by atoms with Crippen molar-refractivity contribution in [2.45, 2.75) is 6.61 Å². The van der Waals surface area contributed by atoms with Crippen LogP contribution in [-0.4, -0.2) is 25.6 Å². The number of hydrogen-bond donors (Lipinski definition) is 0. The standard InChI is InChI=1S/C18H13F2NO4/c1-23-13-8-6-11(7-9-13)16-21-14(17(22)25-16)10-12-4-2-3-5-15(12)24-18(19)20/h2-10,18H,1H3. The van der Waals surface area contributed by atoms with E-state index in [4.69, 9.17) is 9.47 Å². The SMILES string of the molecule is COc1ccc(C2=NC(=Cc3ccccc3OC(F)F)C(=O)O2)cc1. The third kappa shape index (κ3) is 3.82. The number of methoxy groups -OCH3 is 1. The van der Waals surface area contributed by atoms with Gasteiger partial charge in [-0.2, -0.15) is 8.78 Å². The van der Waals surface area contributed by atoms with Crippen molar-refractivity contribution >= 4 is 17.9 Å². The number of benzene rings is 2. The van der Waals surface area contributed by atoms with E-state index in [1.165, 1.54) is 12.1 Å². The van der Waals surface area contributed by atoms with Crippen LogP contribution in [0.1, 0.15) is 11.1 Å². The summed E-state index contributed by atoms with van der Waals surface area (Å²) in [7, 11) is 1.54. The largest absolute Gasteiger partial charge is 0.497 e. The lowest BCUT2D eigenvalue weighted by molar-refractivity contribution is -0.129. The van der Waals surface area contributed by atoms with Crippen LogP contribution in [0.3, 0.4) is 0 Å². The molecular formula is C18H13F2NO4. The Morgan fingerprint density at radius 1 is 1.12 bits per heavy atom. The first-order valence-corrected chi connectivity index (χ1v) is 7.27. The number of ether oxygens (including phenoxy) is 3. The molecule has 2 aromatic carbocycles. The lowest BCUT2D eigenvalue weighted by Crippen LogP contribution is -2.05. The Balaban J connectivity index is 1.91. The van der Waals surface area contributed by atoms with Crippen molar-refractivity contribution in [1.82, 2.24) is 0 Å². The first-order valence-electron chi connectivity index (χ1n) is 7.27. The van der Waals surface area contributed by atoms with Gasteiger partial charge in [-0.05, 0) is 36.4 Å². The second kappa shape index (κ2) is 7.12. The fraction of sp³-hybridized carbons (Fsp3) is 0.111. The smallest absolute Gasteiger partial charge is 0.387 e. The quantitative estimate of drug-likeness (QED) is 0.613. The maximum atomic E-state index is 12.5. The van der Waals surface area contributed by atoms with Gasteiger partial charge in [0, 0.05) is 11.1 Å². The fourth-order valence-electron chi connectivity index (χ4n) is 2.22. The number of esters is 1. The zero-order chi connectivity index (χ0) is 17.8. The average Bonchev–Trinajstić information content (AvgIpc) is 2.97. The molecule has 0 spiro atoms. The second-order valence-corrected chi connectivity index (χ2v) is 4.98. The molecule has 1 aliphatic heterocycles. The molecule has 0 bridgehead atoms. The van der Waals surface area contributed by atoms with Crippen LogP contribution < -0.4 is 9.47 Å². The summed E-state index contributed by atoms with van der Waals surface area (Å²) in [5.41, 5.74) is 0.889. The summed E-state index contributed by atoms with van der Waals surface area (Å²) in [5.74, 6) is 0.0669. The molecule has 0 saturated heterocycles. The van der Waals surface area contributed by atoms with Crippen molar-refractivity contribution in [2.24, 2.45) is 4.99 Å². The number of alkyl halides is 2. The average molecular weight is 345 g/mol. The van der Waals surface area contributed by atoms with Gasteiger partial charge in [-0.1, -0.05) is 18.2 Å². The van der Waals surface area contributed by atoms with Crippen molar-refractivity contribution in [3.8, 4) is 11.5 Å². The monoisotopic (exact) mass is 345 g/mol. The van der Waals surface area contributed by atoms with Crippen LogP contribution in [0.2, 0.25) is 0 Å². The molecule has 0 fully saturated rings. The highest BCUT2D eigenvalue weighted by atomic mass is 19.3. The second-order valence-electron chi connectivity index (χ2n) is 4.98. The van der Waals surface area contributed by atoms with Gasteiger partial charge in [-0.3, -0.25) is 0 Å². The summed E-state index contributed by atoms with van der Waals surface area (Å²) in [6.07, 6.45) is 1.34.